The molecular weight excluding hydrogens is 593 g/mol. The van der Waals surface area contributed by atoms with Crippen LogP contribution < -0.4 is 0 Å². The van der Waals surface area contributed by atoms with Crippen LogP contribution in [0.2, 0.25) is 0 Å². The number of para-hydroxylation sites is 1. The molecule has 10 rings (SSSR count). The second-order valence-electron chi connectivity index (χ2n) is 12.7. The van der Waals surface area contributed by atoms with Gasteiger partial charge in [0.1, 0.15) is 0 Å². The summed E-state index contributed by atoms with van der Waals surface area (Å²) >= 11 is 0. The van der Waals surface area contributed by atoms with Crippen molar-refractivity contribution >= 4 is 59.8 Å². The average Bonchev–Trinajstić information content (AvgIpc) is 3.52. The Hall–Kier alpha value is -6.69. The molecule has 2 nitrogen and oxygen atoms in total. The molecule has 0 unspecified atom stereocenters. The SMILES string of the molecule is [C-]#[N+]c1ccc2c3c1ccc1c(-c4ccc(-c5ccc(-c6cccc7ccccc67)c6ccccc56)cc4)ccc(c13)n2-c1ccccc1. The van der Waals surface area contributed by atoms with Gasteiger partial charge >= 0.3 is 0 Å². The summed E-state index contributed by atoms with van der Waals surface area (Å²) in [5.74, 6) is 0. The molecule has 9 aromatic carbocycles. The Morgan fingerprint density at radius 2 is 0.898 bits per heavy atom. The van der Waals surface area contributed by atoms with Gasteiger partial charge < -0.3 is 4.57 Å². The summed E-state index contributed by atoms with van der Waals surface area (Å²) in [6, 6.07) is 61.0. The zero-order valence-electron chi connectivity index (χ0n) is 26.6. The highest BCUT2D eigenvalue weighted by molar-refractivity contribution is 6.28. The molecule has 0 aliphatic heterocycles. The van der Waals surface area contributed by atoms with Crippen LogP contribution in [0.5, 0.6) is 0 Å². The van der Waals surface area contributed by atoms with Crippen LogP contribution in [-0.2, 0) is 0 Å². The van der Waals surface area contributed by atoms with Gasteiger partial charge in [-0.3, -0.25) is 0 Å². The largest absolute Gasteiger partial charge is 0.309 e. The fraction of sp³-hybridized carbons (Fsp3) is 0. The van der Waals surface area contributed by atoms with E-state index in [0.717, 1.165) is 27.5 Å². The van der Waals surface area contributed by atoms with E-state index in [0.29, 0.717) is 5.69 Å². The smallest absolute Gasteiger partial charge is 0.195 e. The number of hydrogen-bond acceptors (Lipinski definition) is 0. The van der Waals surface area contributed by atoms with E-state index < -0.39 is 0 Å². The number of hydrogen-bond donors (Lipinski definition) is 0. The molecule has 0 N–H and O–H groups in total. The molecule has 2 heteroatoms. The quantitative estimate of drug-likeness (QED) is 0.137. The lowest BCUT2D eigenvalue weighted by Crippen LogP contribution is -1.93. The molecule has 0 fully saturated rings. The van der Waals surface area contributed by atoms with Crippen LogP contribution in [0.3, 0.4) is 0 Å². The summed E-state index contributed by atoms with van der Waals surface area (Å²) in [7, 11) is 0. The predicted octanol–water partition coefficient (Wildman–Crippen LogP) is 13.2. The maximum Gasteiger partial charge on any atom is 0.195 e. The second-order valence-corrected chi connectivity index (χ2v) is 12.7. The van der Waals surface area contributed by atoms with Gasteiger partial charge in [-0.2, -0.15) is 0 Å². The monoisotopic (exact) mass is 620 g/mol. The molecule has 0 bridgehead atoms. The van der Waals surface area contributed by atoms with Crippen LogP contribution >= 0.6 is 0 Å². The standard InChI is InChI=1S/C47H28N2/c1-48-43-27-29-45-47-42(43)25-24-41-36(26-28-44(46(41)47)49(45)33-12-3-2-4-13-33)32-20-18-31(19-21-32)35-22-23-40(39-16-8-7-15-37(35)39)38-17-9-11-30-10-5-6-14-34(30)38/h2-29H. The Labute approximate surface area is 283 Å². The van der Waals surface area contributed by atoms with Crippen LogP contribution in [0.4, 0.5) is 5.69 Å². The van der Waals surface area contributed by atoms with Crippen molar-refractivity contribution in [3.8, 4) is 39.1 Å². The normalized spacial score (nSPS) is 11.7. The van der Waals surface area contributed by atoms with Crippen LogP contribution in [0.25, 0.3) is 98.0 Å². The van der Waals surface area contributed by atoms with Crippen molar-refractivity contribution in [1.29, 1.82) is 0 Å². The molecule has 0 aliphatic rings. The number of rotatable bonds is 4. The molecule has 0 spiro atoms. The summed E-state index contributed by atoms with van der Waals surface area (Å²) in [5, 5.41) is 9.59. The minimum absolute atomic E-state index is 0.690. The minimum atomic E-state index is 0.690. The van der Waals surface area contributed by atoms with Crippen LogP contribution in [0.15, 0.2) is 170 Å². The lowest BCUT2D eigenvalue weighted by molar-refractivity contribution is 1.18. The van der Waals surface area contributed by atoms with Gasteiger partial charge in [-0.1, -0.05) is 146 Å². The van der Waals surface area contributed by atoms with Gasteiger partial charge in [0.05, 0.1) is 17.6 Å². The number of benzene rings is 9. The Kier molecular flexibility index (Phi) is 5.97. The molecule has 0 saturated heterocycles. The Balaban J connectivity index is 1.12. The third-order valence-electron chi connectivity index (χ3n) is 10.2. The van der Waals surface area contributed by atoms with Crippen molar-refractivity contribution in [2.24, 2.45) is 0 Å². The van der Waals surface area contributed by atoms with Gasteiger partial charge in [0.25, 0.3) is 0 Å². The summed E-state index contributed by atoms with van der Waals surface area (Å²) < 4.78 is 2.33. The first-order valence-electron chi connectivity index (χ1n) is 16.6. The summed E-state index contributed by atoms with van der Waals surface area (Å²) in [4.78, 5) is 3.88. The molecule has 0 saturated carbocycles. The van der Waals surface area contributed by atoms with Crippen molar-refractivity contribution < 1.29 is 0 Å². The molecule has 49 heavy (non-hydrogen) atoms. The Morgan fingerprint density at radius 1 is 0.367 bits per heavy atom. The number of nitrogens with zero attached hydrogens (tertiary/aromatic N) is 2. The second kappa shape index (κ2) is 10.7. The third-order valence-corrected chi connectivity index (χ3v) is 10.2. The van der Waals surface area contributed by atoms with E-state index in [9.17, 15) is 0 Å². The highest BCUT2D eigenvalue weighted by atomic mass is 15.0. The summed E-state index contributed by atoms with van der Waals surface area (Å²) in [6.45, 7) is 7.85. The number of aromatic nitrogens is 1. The zero-order valence-corrected chi connectivity index (χ0v) is 26.6. The van der Waals surface area contributed by atoms with Crippen molar-refractivity contribution in [3.63, 3.8) is 0 Å². The minimum Gasteiger partial charge on any atom is -0.309 e. The predicted molar refractivity (Wildman–Crippen MR) is 207 cm³/mol. The summed E-state index contributed by atoms with van der Waals surface area (Å²) in [6.07, 6.45) is 0. The molecule has 10 aromatic rings. The maximum absolute atomic E-state index is 7.85. The maximum atomic E-state index is 7.85. The van der Waals surface area contributed by atoms with Crippen molar-refractivity contribution in [3.05, 3.63) is 181 Å². The van der Waals surface area contributed by atoms with Gasteiger partial charge in [-0.15, -0.1) is 0 Å². The van der Waals surface area contributed by atoms with E-state index in [1.165, 1.54) is 65.7 Å². The van der Waals surface area contributed by atoms with E-state index in [-0.39, 0.29) is 0 Å². The highest BCUT2D eigenvalue weighted by Crippen LogP contribution is 2.45. The van der Waals surface area contributed by atoms with Gasteiger partial charge in [0.2, 0.25) is 0 Å². The fourth-order valence-corrected chi connectivity index (χ4v) is 8.02. The lowest BCUT2D eigenvalue weighted by Gasteiger charge is -2.15. The van der Waals surface area contributed by atoms with Crippen LogP contribution in [0.1, 0.15) is 0 Å². The molecule has 0 aliphatic carbocycles. The van der Waals surface area contributed by atoms with Gasteiger partial charge in [-0.25, -0.2) is 4.85 Å². The van der Waals surface area contributed by atoms with E-state index in [4.69, 9.17) is 6.57 Å². The Bertz CT molecular complexity index is 2920. The highest BCUT2D eigenvalue weighted by Gasteiger charge is 2.20. The van der Waals surface area contributed by atoms with E-state index >= 15 is 0 Å². The molecule has 1 heterocycles. The van der Waals surface area contributed by atoms with Crippen molar-refractivity contribution in [1.82, 2.24) is 4.57 Å². The van der Waals surface area contributed by atoms with Gasteiger partial charge in [0.15, 0.2) is 5.69 Å². The first-order valence-corrected chi connectivity index (χ1v) is 16.6. The average molecular weight is 621 g/mol. The van der Waals surface area contributed by atoms with Gasteiger partial charge in [0, 0.05) is 16.5 Å². The molecular formula is C47H28N2. The van der Waals surface area contributed by atoms with Crippen LogP contribution in [-0.4, -0.2) is 4.57 Å². The van der Waals surface area contributed by atoms with E-state index in [1.807, 2.05) is 6.07 Å². The number of fused-ring (bicyclic) bond motifs is 2. The molecule has 0 atom stereocenters. The zero-order chi connectivity index (χ0) is 32.5. The van der Waals surface area contributed by atoms with Crippen molar-refractivity contribution in [2.45, 2.75) is 0 Å². The summed E-state index contributed by atoms with van der Waals surface area (Å²) in [5.41, 5.74) is 11.4. The first kappa shape index (κ1) is 27.4. The molecule has 226 valence electrons. The topological polar surface area (TPSA) is 9.29 Å². The Morgan fingerprint density at radius 3 is 1.65 bits per heavy atom. The first-order chi connectivity index (χ1) is 24.3. The third kappa shape index (κ3) is 4.07. The fourth-order valence-electron chi connectivity index (χ4n) is 8.02. The molecule has 0 radical (unpaired) electrons. The van der Waals surface area contributed by atoms with E-state index in [2.05, 4.69) is 173 Å². The lowest BCUT2D eigenvalue weighted by atomic mass is 9.89. The van der Waals surface area contributed by atoms with Crippen molar-refractivity contribution in [2.75, 3.05) is 0 Å². The van der Waals surface area contributed by atoms with E-state index in [1.54, 1.807) is 0 Å². The molecule has 1 aromatic heterocycles. The van der Waals surface area contributed by atoms with Crippen LogP contribution in [0, 0.1) is 6.57 Å². The molecule has 0 amide bonds. The van der Waals surface area contributed by atoms with Gasteiger partial charge in [-0.05, 0) is 90.0 Å².